The number of carbonyl (C=O) groups is 2. The standard InChI is InChI=1S/C12H20N2O6S/c1-20-9-5-10(12(16)17)14(6-9)11(15)4-8-7-21(18,19)3-2-13-8/h8-10,13H,2-7H2,1H3,(H,16,17). The first kappa shape index (κ1) is 16.2. The number of rotatable bonds is 4. The van der Waals surface area contributed by atoms with Gasteiger partial charge in [0.25, 0.3) is 0 Å². The molecule has 2 rings (SSSR count). The van der Waals surface area contributed by atoms with Crippen LogP contribution >= 0.6 is 0 Å². The molecule has 8 nitrogen and oxygen atoms in total. The van der Waals surface area contributed by atoms with E-state index in [9.17, 15) is 23.1 Å². The van der Waals surface area contributed by atoms with Gasteiger partial charge in [-0.1, -0.05) is 0 Å². The monoisotopic (exact) mass is 320 g/mol. The molecule has 0 aromatic carbocycles. The number of amides is 1. The summed E-state index contributed by atoms with van der Waals surface area (Å²) in [7, 11) is -1.64. The van der Waals surface area contributed by atoms with E-state index in [2.05, 4.69) is 5.32 Å². The summed E-state index contributed by atoms with van der Waals surface area (Å²) in [5, 5.41) is 12.2. The van der Waals surface area contributed by atoms with Gasteiger partial charge < -0.3 is 20.1 Å². The molecule has 1 amide bonds. The highest BCUT2D eigenvalue weighted by molar-refractivity contribution is 7.91. The molecule has 0 spiro atoms. The second-order valence-electron chi connectivity index (χ2n) is 5.46. The van der Waals surface area contributed by atoms with Crippen LogP contribution in [0.2, 0.25) is 0 Å². The van der Waals surface area contributed by atoms with Crippen molar-refractivity contribution >= 4 is 21.7 Å². The van der Waals surface area contributed by atoms with Crippen LogP contribution in [0.3, 0.4) is 0 Å². The van der Waals surface area contributed by atoms with E-state index in [0.717, 1.165) is 0 Å². The van der Waals surface area contributed by atoms with Crippen LogP contribution in [0.5, 0.6) is 0 Å². The summed E-state index contributed by atoms with van der Waals surface area (Å²) in [6, 6.07) is -1.35. The molecule has 3 unspecified atom stereocenters. The molecule has 21 heavy (non-hydrogen) atoms. The van der Waals surface area contributed by atoms with Gasteiger partial charge in [0.1, 0.15) is 6.04 Å². The van der Waals surface area contributed by atoms with Crippen LogP contribution in [-0.2, 0) is 24.2 Å². The van der Waals surface area contributed by atoms with E-state index in [1.807, 2.05) is 0 Å². The molecular weight excluding hydrogens is 300 g/mol. The molecule has 0 aromatic heterocycles. The van der Waals surface area contributed by atoms with Crippen molar-refractivity contribution in [1.29, 1.82) is 0 Å². The highest BCUT2D eigenvalue weighted by atomic mass is 32.2. The Morgan fingerprint density at radius 3 is 2.71 bits per heavy atom. The summed E-state index contributed by atoms with van der Waals surface area (Å²) in [6.07, 6.45) is -0.0500. The Balaban J connectivity index is 2.00. The van der Waals surface area contributed by atoms with E-state index in [1.165, 1.54) is 12.0 Å². The Hall–Kier alpha value is -1.19. The number of hydrogen-bond donors (Lipinski definition) is 2. The van der Waals surface area contributed by atoms with Crippen molar-refractivity contribution in [2.45, 2.75) is 31.0 Å². The summed E-state index contributed by atoms with van der Waals surface area (Å²) in [5.41, 5.74) is 0. The number of ether oxygens (including phenoxy) is 1. The number of hydrogen-bond acceptors (Lipinski definition) is 6. The van der Waals surface area contributed by atoms with Crippen LogP contribution in [0.15, 0.2) is 0 Å². The average molecular weight is 320 g/mol. The molecule has 0 aromatic rings. The first-order chi connectivity index (χ1) is 9.82. The van der Waals surface area contributed by atoms with Gasteiger partial charge in [0.2, 0.25) is 5.91 Å². The van der Waals surface area contributed by atoms with E-state index in [1.54, 1.807) is 0 Å². The fourth-order valence-corrected chi connectivity index (χ4v) is 4.25. The normalized spacial score (nSPS) is 32.0. The van der Waals surface area contributed by atoms with Gasteiger partial charge >= 0.3 is 5.97 Å². The van der Waals surface area contributed by atoms with Gasteiger partial charge in [-0.05, 0) is 0 Å². The number of carboxylic acids is 1. The lowest BCUT2D eigenvalue weighted by Gasteiger charge is -2.27. The summed E-state index contributed by atoms with van der Waals surface area (Å²) in [5.74, 6) is -1.42. The molecule has 120 valence electrons. The Labute approximate surface area is 123 Å². The predicted molar refractivity (Wildman–Crippen MR) is 73.6 cm³/mol. The number of carboxylic acid groups (broad SMARTS) is 1. The van der Waals surface area contributed by atoms with Crippen molar-refractivity contribution in [2.24, 2.45) is 0 Å². The van der Waals surface area contributed by atoms with Crippen molar-refractivity contribution in [3.05, 3.63) is 0 Å². The van der Waals surface area contributed by atoms with Gasteiger partial charge in [0.15, 0.2) is 9.84 Å². The minimum absolute atomic E-state index is 0.0144. The number of sulfone groups is 1. The lowest BCUT2D eigenvalue weighted by Crippen LogP contribution is -2.49. The maximum atomic E-state index is 12.3. The average Bonchev–Trinajstić information content (AvgIpc) is 2.81. The van der Waals surface area contributed by atoms with Gasteiger partial charge in [0, 0.05) is 39.1 Å². The third-order valence-electron chi connectivity index (χ3n) is 3.92. The molecule has 0 aliphatic carbocycles. The van der Waals surface area contributed by atoms with Gasteiger partial charge in [-0.2, -0.15) is 0 Å². The predicted octanol–water partition coefficient (Wildman–Crippen LogP) is -1.54. The largest absolute Gasteiger partial charge is 0.480 e. The van der Waals surface area contributed by atoms with Gasteiger partial charge in [-0.25, -0.2) is 13.2 Å². The Morgan fingerprint density at radius 2 is 2.14 bits per heavy atom. The summed E-state index contributed by atoms with van der Waals surface area (Å²) < 4.78 is 28.2. The molecule has 0 bridgehead atoms. The van der Waals surface area contributed by atoms with Crippen molar-refractivity contribution in [2.75, 3.05) is 31.7 Å². The maximum Gasteiger partial charge on any atom is 0.326 e. The molecule has 3 atom stereocenters. The van der Waals surface area contributed by atoms with Crippen molar-refractivity contribution in [3.63, 3.8) is 0 Å². The van der Waals surface area contributed by atoms with Crippen LogP contribution in [-0.4, -0.2) is 80.2 Å². The molecule has 9 heteroatoms. The fourth-order valence-electron chi connectivity index (χ4n) is 2.80. The molecule has 2 N–H and O–H groups in total. The van der Waals surface area contributed by atoms with E-state index in [4.69, 9.17) is 4.74 Å². The van der Waals surface area contributed by atoms with E-state index < -0.39 is 27.9 Å². The smallest absolute Gasteiger partial charge is 0.326 e. The summed E-state index contributed by atoms with van der Waals surface area (Å²) in [4.78, 5) is 24.8. The summed E-state index contributed by atoms with van der Waals surface area (Å²) in [6.45, 7) is 0.551. The van der Waals surface area contributed by atoms with Crippen molar-refractivity contribution in [3.8, 4) is 0 Å². The SMILES string of the molecule is COC1CC(C(=O)O)N(C(=O)CC2CS(=O)(=O)CCN2)C1. The third-order valence-corrected chi connectivity index (χ3v) is 5.66. The molecule has 2 saturated heterocycles. The second-order valence-corrected chi connectivity index (χ2v) is 7.69. The molecule has 2 aliphatic rings. The highest BCUT2D eigenvalue weighted by Gasteiger charge is 2.40. The molecule has 0 radical (unpaired) electrons. The van der Waals surface area contributed by atoms with Crippen LogP contribution < -0.4 is 5.32 Å². The minimum Gasteiger partial charge on any atom is -0.480 e. The first-order valence-corrected chi connectivity index (χ1v) is 8.63. The van der Waals surface area contributed by atoms with E-state index in [-0.39, 0.29) is 42.9 Å². The zero-order chi connectivity index (χ0) is 15.6. The van der Waals surface area contributed by atoms with Crippen molar-refractivity contribution in [1.82, 2.24) is 10.2 Å². The molecule has 2 aliphatic heterocycles. The highest BCUT2D eigenvalue weighted by Crippen LogP contribution is 2.22. The van der Waals surface area contributed by atoms with E-state index in [0.29, 0.717) is 6.54 Å². The Kier molecular flexibility index (Phi) is 4.84. The number of methoxy groups -OCH3 is 1. The maximum absolute atomic E-state index is 12.3. The quantitative estimate of drug-likeness (QED) is 0.645. The molecule has 0 saturated carbocycles. The minimum atomic E-state index is -3.12. The Bertz CT molecular complexity index is 520. The van der Waals surface area contributed by atoms with Gasteiger partial charge in [-0.3, -0.25) is 4.79 Å². The molecular formula is C12H20N2O6S. The second kappa shape index (κ2) is 6.29. The lowest BCUT2D eigenvalue weighted by molar-refractivity contribution is -0.148. The summed E-state index contributed by atoms with van der Waals surface area (Å²) >= 11 is 0. The van der Waals surface area contributed by atoms with Gasteiger partial charge in [0.05, 0.1) is 17.6 Å². The number of likely N-dealkylation sites (tertiary alicyclic amines) is 1. The van der Waals surface area contributed by atoms with Crippen molar-refractivity contribution < 1.29 is 27.9 Å². The van der Waals surface area contributed by atoms with Crippen LogP contribution in [0, 0.1) is 0 Å². The van der Waals surface area contributed by atoms with Gasteiger partial charge in [-0.15, -0.1) is 0 Å². The lowest BCUT2D eigenvalue weighted by atomic mass is 10.1. The topological polar surface area (TPSA) is 113 Å². The van der Waals surface area contributed by atoms with E-state index >= 15 is 0 Å². The zero-order valence-corrected chi connectivity index (χ0v) is 12.6. The number of aliphatic carboxylic acids is 1. The number of nitrogens with one attached hydrogen (secondary N) is 1. The molecule has 2 fully saturated rings. The third kappa shape index (κ3) is 3.92. The zero-order valence-electron chi connectivity index (χ0n) is 11.8. The first-order valence-electron chi connectivity index (χ1n) is 6.81. The number of carbonyl (C=O) groups excluding carboxylic acids is 1. The Morgan fingerprint density at radius 1 is 1.43 bits per heavy atom. The number of nitrogens with zero attached hydrogens (tertiary/aromatic N) is 1. The molecule has 2 heterocycles. The van der Waals surface area contributed by atoms with Crippen LogP contribution in [0.1, 0.15) is 12.8 Å². The van der Waals surface area contributed by atoms with Crippen LogP contribution in [0.4, 0.5) is 0 Å². The fraction of sp³-hybridized carbons (Fsp3) is 0.833. The van der Waals surface area contributed by atoms with Crippen LogP contribution in [0.25, 0.3) is 0 Å².